The molecule has 0 saturated heterocycles. The number of carbonyl (C=O) groups is 2. The van der Waals surface area contributed by atoms with Gasteiger partial charge in [-0.05, 0) is 122 Å². The zero-order valence-corrected chi connectivity index (χ0v) is 57.8. The van der Waals surface area contributed by atoms with Crippen molar-refractivity contribution in [1.29, 1.82) is 0 Å². The van der Waals surface area contributed by atoms with Crippen molar-refractivity contribution >= 4 is 19.8 Å². The van der Waals surface area contributed by atoms with Gasteiger partial charge in [-0.3, -0.25) is 18.6 Å². The fourth-order valence-corrected chi connectivity index (χ4v) is 9.98. The lowest BCUT2D eigenvalue weighted by molar-refractivity contribution is -0.870. The summed E-state index contributed by atoms with van der Waals surface area (Å²) in [5.41, 5.74) is 0. The van der Waals surface area contributed by atoms with Gasteiger partial charge in [0, 0.05) is 12.8 Å². The Morgan fingerprint density at radius 2 is 0.614 bits per heavy atom. The molecule has 88 heavy (non-hydrogen) atoms. The maximum absolute atomic E-state index is 12.9. The zero-order chi connectivity index (χ0) is 64.1. The van der Waals surface area contributed by atoms with Gasteiger partial charge in [-0.1, -0.05) is 294 Å². The van der Waals surface area contributed by atoms with Crippen molar-refractivity contribution in [2.75, 3.05) is 47.5 Å². The molecule has 0 aromatic carbocycles. The standard InChI is InChI=1S/C78H130NO8P/c1-6-8-10-12-14-16-18-20-22-24-26-28-30-32-34-36-37-38-39-40-41-43-45-47-49-51-53-55-57-59-61-63-65-67-69-71-78(81)87-76(75-86-88(82,83)85-73-72-79(3,4)5)74-84-77(80)70-68-66-64-62-60-58-56-54-52-50-48-46-44-42-35-33-31-29-27-25-23-21-19-17-15-13-11-9-7-2/h8-11,14-17,20-23,26-29,32-35,37-38,40-41,44,46,76H,6-7,12-13,18-19,24-25,30-31,36,39,42-43,45,47-75H2,1-5H3/p+1/b10-8-,11-9-,16-14-,17-15-,22-20-,23-21-,28-26-,29-27-,34-32-,35-33-,38-37-,41-40-,46-44-. The second-order valence-corrected chi connectivity index (χ2v) is 25.6. The summed E-state index contributed by atoms with van der Waals surface area (Å²) in [5.74, 6) is -0.808. The van der Waals surface area contributed by atoms with Crippen LogP contribution in [0.1, 0.15) is 271 Å². The molecule has 0 spiro atoms. The molecule has 0 amide bonds. The van der Waals surface area contributed by atoms with E-state index in [4.69, 9.17) is 18.5 Å². The van der Waals surface area contributed by atoms with Crippen LogP contribution in [0.25, 0.3) is 0 Å². The minimum atomic E-state index is -4.40. The van der Waals surface area contributed by atoms with Crippen LogP contribution in [0.3, 0.4) is 0 Å². The highest BCUT2D eigenvalue weighted by Gasteiger charge is 2.27. The molecule has 0 heterocycles. The van der Waals surface area contributed by atoms with Crippen molar-refractivity contribution in [2.45, 2.75) is 277 Å². The monoisotopic (exact) mass is 1240 g/mol. The van der Waals surface area contributed by atoms with E-state index in [1.807, 2.05) is 21.1 Å². The first-order valence-corrected chi connectivity index (χ1v) is 36.7. The predicted octanol–water partition coefficient (Wildman–Crippen LogP) is 23.2. The number of esters is 2. The maximum Gasteiger partial charge on any atom is 0.472 e. The Morgan fingerprint density at radius 1 is 0.352 bits per heavy atom. The van der Waals surface area contributed by atoms with Crippen LogP contribution in [-0.2, 0) is 32.7 Å². The topological polar surface area (TPSA) is 108 Å². The summed E-state index contributed by atoms with van der Waals surface area (Å²) in [6.45, 7) is 4.20. The number of ether oxygens (including phenoxy) is 2. The molecule has 0 rings (SSSR count). The fourth-order valence-electron chi connectivity index (χ4n) is 9.24. The summed E-state index contributed by atoms with van der Waals surface area (Å²) in [4.78, 5) is 35.9. The number of likely N-dealkylation sites (N-methyl/N-ethyl adjacent to an activating group) is 1. The number of nitrogens with zero attached hydrogens (tertiary/aromatic N) is 1. The Labute approximate surface area is 541 Å². The van der Waals surface area contributed by atoms with Gasteiger partial charge in [-0.25, -0.2) is 4.57 Å². The molecule has 500 valence electrons. The van der Waals surface area contributed by atoms with E-state index in [2.05, 4.69) is 172 Å². The van der Waals surface area contributed by atoms with E-state index in [9.17, 15) is 19.0 Å². The molecule has 9 nitrogen and oxygen atoms in total. The SMILES string of the molecule is CC/C=C\C/C=C\C/C=C\C/C=C\C/C=C\C/C=C\C/C=C\CCCCCCCCCCCCCCCC(=O)OC(COC(=O)CCCCCCCCCCCC/C=C\C/C=C\C/C=C\C/C=C\C/C=C\C/C=C\CC)COP(=O)(O)OCC[N+](C)(C)C. The third-order valence-corrected chi connectivity index (χ3v) is 15.5. The van der Waals surface area contributed by atoms with Gasteiger partial charge in [0.05, 0.1) is 27.7 Å². The number of hydrogen-bond donors (Lipinski definition) is 1. The molecule has 0 radical (unpaired) electrons. The third-order valence-electron chi connectivity index (χ3n) is 14.6. The predicted molar refractivity (Wildman–Crippen MR) is 380 cm³/mol. The van der Waals surface area contributed by atoms with Crippen LogP contribution in [0.5, 0.6) is 0 Å². The number of allylic oxidation sites excluding steroid dienone is 26. The van der Waals surface area contributed by atoms with Gasteiger partial charge < -0.3 is 18.9 Å². The Bertz CT molecular complexity index is 2040. The molecule has 0 aromatic heterocycles. The number of carbonyl (C=O) groups excluding carboxylic acids is 2. The average Bonchev–Trinajstić information content (AvgIpc) is 3.57. The molecule has 10 heteroatoms. The first kappa shape index (κ1) is 83.6. The van der Waals surface area contributed by atoms with E-state index in [0.29, 0.717) is 17.4 Å². The normalized spacial score (nSPS) is 14.1. The third kappa shape index (κ3) is 70.7. The van der Waals surface area contributed by atoms with Crippen LogP contribution in [0.4, 0.5) is 0 Å². The molecule has 0 aliphatic carbocycles. The largest absolute Gasteiger partial charge is 0.472 e. The molecule has 0 aromatic rings. The molecule has 0 bridgehead atoms. The van der Waals surface area contributed by atoms with E-state index in [1.54, 1.807) is 0 Å². The van der Waals surface area contributed by atoms with Gasteiger partial charge in [-0.15, -0.1) is 0 Å². The Morgan fingerprint density at radius 3 is 0.909 bits per heavy atom. The minimum Gasteiger partial charge on any atom is -0.462 e. The van der Waals surface area contributed by atoms with Gasteiger partial charge in [0.15, 0.2) is 6.10 Å². The second-order valence-electron chi connectivity index (χ2n) is 24.2. The van der Waals surface area contributed by atoms with E-state index in [-0.39, 0.29) is 32.0 Å². The van der Waals surface area contributed by atoms with Gasteiger partial charge in [-0.2, -0.15) is 0 Å². The van der Waals surface area contributed by atoms with Crippen molar-refractivity contribution in [3.8, 4) is 0 Å². The maximum atomic E-state index is 12.9. The molecule has 0 saturated carbocycles. The molecule has 2 atom stereocenters. The van der Waals surface area contributed by atoms with Crippen molar-refractivity contribution in [1.82, 2.24) is 0 Å². The van der Waals surface area contributed by atoms with Crippen LogP contribution >= 0.6 is 7.82 Å². The molecular formula is C78H131NO8P+. The van der Waals surface area contributed by atoms with Gasteiger partial charge >= 0.3 is 19.8 Å². The van der Waals surface area contributed by atoms with Crippen LogP contribution in [0.2, 0.25) is 0 Å². The summed E-state index contributed by atoms with van der Waals surface area (Å²) >= 11 is 0. The van der Waals surface area contributed by atoms with Crippen molar-refractivity contribution < 1.29 is 42.1 Å². The van der Waals surface area contributed by atoms with Crippen LogP contribution < -0.4 is 0 Å². The summed E-state index contributed by atoms with van der Waals surface area (Å²) in [6.07, 6.45) is 100. The number of quaternary nitrogens is 1. The number of hydrogen-bond acceptors (Lipinski definition) is 7. The van der Waals surface area contributed by atoms with E-state index < -0.39 is 26.5 Å². The molecule has 0 fully saturated rings. The van der Waals surface area contributed by atoms with Crippen LogP contribution in [0, 0.1) is 0 Å². The van der Waals surface area contributed by atoms with E-state index in [1.165, 1.54) is 103 Å². The van der Waals surface area contributed by atoms with Crippen molar-refractivity contribution in [3.05, 3.63) is 158 Å². The summed E-state index contributed by atoms with van der Waals surface area (Å²) in [7, 11) is 1.46. The lowest BCUT2D eigenvalue weighted by Crippen LogP contribution is -2.37. The summed E-state index contributed by atoms with van der Waals surface area (Å²) in [5, 5.41) is 0. The lowest BCUT2D eigenvalue weighted by Gasteiger charge is -2.24. The Hall–Kier alpha value is -4.37. The quantitative estimate of drug-likeness (QED) is 0.0211. The highest BCUT2D eigenvalue weighted by atomic mass is 31.2. The molecule has 0 aliphatic heterocycles. The van der Waals surface area contributed by atoms with E-state index in [0.717, 1.165) is 135 Å². The molecule has 0 aliphatic rings. The van der Waals surface area contributed by atoms with Gasteiger partial charge in [0.2, 0.25) is 0 Å². The first-order chi connectivity index (χ1) is 43.0. The van der Waals surface area contributed by atoms with Crippen molar-refractivity contribution in [2.24, 2.45) is 0 Å². The van der Waals surface area contributed by atoms with Gasteiger partial charge in [0.25, 0.3) is 0 Å². The number of phosphoric acid groups is 1. The number of unbranched alkanes of at least 4 members (excludes halogenated alkanes) is 23. The Balaban J connectivity index is 4.10. The number of rotatable bonds is 63. The average molecular weight is 1240 g/mol. The summed E-state index contributed by atoms with van der Waals surface area (Å²) < 4.78 is 34.7. The van der Waals surface area contributed by atoms with Gasteiger partial charge in [0.1, 0.15) is 19.8 Å². The van der Waals surface area contributed by atoms with E-state index >= 15 is 0 Å². The molecular weight excluding hydrogens is 1110 g/mol. The molecule has 1 N–H and O–H groups in total. The second kappa shape index (κ2) is 67.0. The number of phosphoric ester groups is 1. The fraction of sp³-hybridized carbons (Fsp3) is 0.641. The van der Waals surface area contributed by atoms with Crippen LogP contribution in [-0.4, -0.2) is 74.9 Å². The summed E-state index contributed by atoms with van der Waals surface area (Å²) in [6, 6.07) is 0. The highest BCUT2D eigenvalue weighted by molar-refractivity contribution is 7.47. The molecule has 2 unspecified atom stereocenters. The Kier molecular flexibility index (Phi) is 63.7. The minimum absolute atomic E-state index is 0.0236. The lowest BCUT2D eigenvalue weighted by atomic mass is 10.0. The first-order valence-electron chi connectivity index (χ1n) is 35.2. The smallest absolute Gasteiger partial charge is 0.462 e. The van der Waals surface area contributed by atoms with Crippen LogP contribution in [0.15, 0.2) is 158 Å². The zero-order valence-electron chi connectivity index (χ0n) is 56.9. The van der Waals surface area contributed by atoms with Crippen molar-refractivity contribution in [3.63, 3.8) is 0 Å². The highest BCUT2D eigenvalue weighted by Crippen LogP contribution is 2.43.